The van der Waals surface area contributed by atoms with Crippen LogP contribution in [0.3, 0.4) is 0 Å². The first-order valence-corrected chi connectivity index (χ1v) is 5.77. The van der Waals surface area contributed by atoms with Gasteiger partial charge in [-0.3, -0.25) is 4.98 Å². The lowest BCUT2D eigenvalue weighted by molar-refractivity contribution is -0.307. The van der Waals surface area contributed by atoms with Crippen molar-refractivity contribution in [1.82, 2.24) is 4.98 Å². The predicted molar refractivity (Wildman–Crippen MR) is 62.3 cm³/mol. The monoisotopic (exact) mass is 309 g/mol. The van der Waals surface area contributed by atoms with E-state index >= 15 is 0 Å². The fourth-order valence-corrected chi connectivity index (χ4v) is 1.99. The van der Waals surface area contributed by atoms with Gasteiger partial charge in [-0.25, -0.2) is 0 Å². The summed E-state index contributed by atoms with van der Waals surface area (Å²) in [6.45, 7) is 0. The topological polar surface area (TPSA) is 33.1 Å². The van der Waals surface area contributed by atoms with Crippen LogP contribution in [0.15, 0.2) is 36.5 Å². The van der Waals surface area contributed by atoms with Crippen LogP contribution in [0.2, 0.25) is 0 Å². The lowest BCUT2D eigenvalue weighted by Crippen LogP contribution is -2.40. The van der Waals surface area contributed by atoms with Crippen LogP contribution in [-0.4, -0.2) is 22.4 Å². The molecule has 0 bridgehead atoms. The van der Waals surface area contributed by atoms with Gasteiger partial charge >= 0.3 is 12.4 Å². The molecular weight excluding hydrogens is 300 g/mol. The molecule has 0 saturated carbocycles. The molecule has 2 rings (SSSR count). The maximum absolute atomic E-state index is 12.6. The van der Waals surface area contributed by atoms with Gasteiger partial charge in [0, 0.05) is 17.1 Å². The molecule has 0 saturated heterocycles. The van der Waals surface area contributed by atoms with E-state index in [1.807, 2.05) is 0 Å². The number of hydrogen-bond acceptors (Lipinski definition) is 2. The molecule has 1 unspecified atom stereocenters. The van der Waals surface area contributed by atoms with E-state index in [0.717, 1.165) is 12.3 Å². The fraction of sp³-hybridized carbons (Fsp3) is 0.308. The molecule has 0 aliphatic rings. The van der Waals surface area contributed by atoms with E-state index < -0.39 is 29.9 Å². The molecule has 8 heteroatoms. The van der Waals surface area contributed by atoms with Crippen LogP contribution < -0.4 is 0 Å². The van der Waals surface area contributed by atoms with Crippen molar-refractivity contribution in [2.75, 3.05) is 0 Å². The molecule has 1 N–H and O–H groups in total. The lowest BCUT2D eigenvalue weighted by atomic mass is 9.95. The van der Waals surface area contributed by atoms with Crippen molar-refractivity contribution in [3.05, 3.63) is 42.1 Å². The van der Waals surface area contributed by atoms with Crippen molar-refractivity contribution in [2.24, 2.45) is 5.92 Å². The van der Waals surface area contributed by atoms with Gasteiger partial charge in [0.05, 0.1) is 5.52 Å². The summed E-state index contributed by atoms with van der Waals surface area (Å²) in [5.41, 5.74) is -0.127. The minimum absolute atomic E-state index is 0.345. The second-order valence-corrected chi connectivity index (χ2v) is 4.47. The number of aliphatic hydroxyl groups excluding tert-OH is 1. The van der Waals surface area contributed by atoms with E-state index in [1.165, 1.54) is 6.07 Å². The van der Waals surface area contributed by atoms with E-state index in [4.69, 9.17) is 0 Å². The fourth-order valence-electron chi connectivity index (χ4n) is 1.99. The molecule has 1 aromatic heterocycles. The molecule has 0 fully saturated rings. The van der Waals surface area contributed by atoms with Crippen molar-refractivity contribution >= 4 is 10.9 Å². The zero-order chi connectivity index (χ0) is 15.8. The maximum Gasteiger partial charge on any atom is 0.403 e. The van der Waals surface area contributed by atoms with Crippen LogP contribution in [0.25, 0.3) is 10.9 Å². The highest BCUT2D eigenvalue weighted by Crippen LogP contribution is 2.46. The first-order chi connectivity index (χ1) is 9.60. The number of aliphatic hydroxyl groups is 1. The molecule has 21 heavy (non-hydrogen) atoms. The van der Waals surface area contributed by atoms with E-state index in [-0.39, 0.29) is 0 Å². The van der Waals surface area contributed by atoms with Crippen molar-refractivity contribution < 1.29 is 31.4 Å². The third-order valence-electron chi connectivity index (χ3n) is 2.97. The summed E-state index contributed by atoms with van der Waals surface area (Å²) in [4.78, 5) is 3.75. The normalized spacial score (nSPS) is 14.7. The molecule has 0 amide bonds. The Labute approximate surface area is 115 Å². The smallest absolute Gasteiger partial charge is 0.387 e. The van der Waals surface area contributed by atoms with Gasteiger partial charge in [-0.2, -0.15) is 26.3 Å². The maximum atomic E-state index is 12.6. The van der Waals surface area contributed by atoms with Gasteiger partial charge in [-0.05, 0) is 12.1 Å². The minimum atomic E-state index is -5.61. The summed E-state index contributed by atoms with van der Waals surface area (Å²) in [6.07, 6.45) is -13.2. The number of pyridine rings is 1. The summed E-state index contributed by atoms with van der Waals surface area (Å²) in [6, 6.07) is 7.29. The number of alkyl halides is 6. The van der Waals surface area contributed by atoms with Crippen LogP contribution in [0, 0.1) is 5.92 Å². The Morgan fingerprint density at radius 2 is 1.52 bits per heavy atom. The number of para-hydroxylation sites is 1. The largest absolute Gasteiger partial charge is 0.403 e. The molecule has 1 atom stereocenters. The Hall–Kier alpha value is -1.83. The summed E-state index contributed by atoms with van der Waals surface area (Å²) in [5.74, 6) is -3.85. The van der Waals surface area contributed by atoms with Crippen molar-refractivity contribution in [3.63, 3.8) is 0 Å². The van der Waals surface area contributed by atoms with Crippen molar-refractivity contribution in [1.29, 1.82) is 0 Å². The molecule has 0 aliphatic heterocycles. The molecule has 0 radical (unpaired) electrons. The standard InChI is InChI=1S/C13H9F6NO/c14-12(15,16)11(13(17,18)19)10(21)8-5-7-3-1-2-4-9(7)20-6-8/h1-6,10-11,21H. The number of benzene rings is 1. The molecular formula is C13H9F6NO. The number of nitrogens with zero attached hydrogens (tertiary/aromatic N) is 1. The second-order valence-electron chi connectivity index (χ2n) is 4.47. The molecule has 0 spiro atoms. The third-order valence-corrected chi connectivity index (χ3v) is 2.97. The summed E-state index contributed by atoms with van der Waals surface area (Å²) < 4.78 is 75.4. The molecule has 2 nitrogen and oxygen atoms in total. The lowest BCUT2D eigenvalue weighted by Gasteiger charge is -2.27. The quantitative estimate of drug-likeness (QED) is 0.850. The van der Waals surface area contributed by atoms with Gasteiger partial charge in [0.2, 0.25) is 0 Å². The van der Waals surface area contributed by atoms with Gasteiger partial charge in [-0.1, -0.05) is 18.2 Å². The average molecular weight is 309 g/mol. The summed E-state index contributed by atoms with van der Waals surface area (Å²) in [7, 11) is 0. The van der Waals surface area contributed by atoms with Gasteiger partial charge in [0.1, 0.15) is 6.10 Å². The second kappa shape index (κ2) is 5.18. The number of fused-ring (bicyclic) bond motifs is 1. The van der Waals surface area contributed by atoms with E-state index in [9.17, 15) is 31.4 Å². The van der Waals surface area contributed by atoms with Crippen LogP contribution in [0.5, 0.6) is 0 Å². The van der Waals surface area contributed by atoms with Crippen LogP contribution >= 0.6 is 0 Å². The number of rotatable bonds is 2. The van der Waals surface area contributed by atoms with Crippen molar-refractivity contribution in [3.8, 4) is 0 Å². The number of aromatic nitrogens is 1. The highest BCUT2D eigenvalue weighted by atomic mass is 19.4. The van der Waals surface area contributed by atoms with Crippen LogP contribution in [0.1, 0.15) is 11.7 Å². The van der Waals surface area contributed by atoms with Crippen LogP contribution in [-0.2, 0) is 0 Å². The molecule has 2 aromatic rings. The van der Waals surface area contributed by atoms with Crippen LogP contribution in [0.4, 0.5) is 26.3 Å². The SMILES string of the molecule is OC(c1cnc2ccccc2c1)C(C(F)(F)F)C(F)(F)F. The molecule has 114 valence electrons. The highest BCUT2D eigenvalue weighted by Gasteiger charge is 2.60. The first-order valence-electron chi connectivity index (χ1n) is 5.77. The Bertz CT molecular complexity index is 622. The van der Waals surface area contributed by atoms with Gasteiger partial charge in [-0.15, -0.1) is 0 Å². The Morgan fingerprint density at radius 1 is 0.952 bits per heavy atom. The van der Waals surface area contributed by atoms with Gasteiger partial charge in [0.25, 0.3) is 0 Å². The Kier molecular flexibility index (Phi) is 3.83. The Morgan fingerprint density at radius 3 is 2.10 bits per heavy atom. The van der Waals surface area contributed by atoms with Gasteiger partial charge < -0.3 is 5.11 Å². The zero-order valence-corrected chi connectivity index (χ0v) is 10.3. The Balaban J connectivity index is 2.46. The first kappa shape index (κ1) is 15.6. The third kappa shape index (κ3) is 3.26. The average Bonchev–Trinajstić information content (AvgIpc) is 2.34. The minimum Gasteiger partial charge on any atom is -0.387 e. The summed E-state index contributed by atoms with van der Waals surface area (Å²) >= 11 is 0. The van der Waals surface area contributed by atoms with Gasteiger partial charge in [0.15, 0.2) is 5.92 Å². The predicted octanol–water partition coefficient (Wildman–Crippen LogP) is 4.01. The molecule has 1 heterocycles. The van der Waals surface area contributed by atoms with E-state index in [1.54, 1.807) is 18.2 Å². The highest BCUT2D eigenvalue weighted by molar-refractivity contribution is 5.78. The molecule has 0 aliphatic carbocycles. The number of halogens is 6. The van der Waals surface area contributed by atoms with E-state index in [0.29, 0.717) is 10.9 Å². The number of hydrogen-bond donors (Lipinski definition) is 1. The van der Waals surface area contributed by atoms with Crippen molar-refractivity contribution in [2.45, 2.75) is 18.5 Å². The zero-order valence-electron chi connectivity index (χ0n) is 10.3. The van der Waals surface area contributed by atoms with E-state index in [2.05, 4.69) is 4.98 Å². The summed E-state index contributed by atoms with van der Waals surface area (Å²) in [5, 5.41) is 9.88. The molecule has 1 aromatic carbocycles.